The van der Waals surface area contributed by atoms with Crippen molar-refractivity contribution in [1.29, 1.82) is 0 Å². The van der Waals surface area contributed by atoms with E-state index < -0.39 is 0 Å². The second-order valence-corrected chi connectivity index (χ2v) is 6.30. The van der Waals surface area contributed by atoms with E-state index in [0.29, 0.717) is 42.3 Å². The van der Waals surface area contributed by atoms with Crippen molar-refractivity contribution >= 4 is 29.2 Å². The molecule has 3 rings (SSSR count). The topological polar surface area (TPSA) is 95.2 Å². The number of halogens is 1. The van der Waals surface area contributed by atoms with Crippen LogP contribution in [0.1, 0.15) is 23.2 Å². The third kappa shape index (κ3) is 4.24. The summed E-state index contributed by atoms with van der Waals surface area (Å²) in [6.07, 6.45) is 4.04. The number of nitrogens with zero attached hydrogens (tertiary/aromatic N) is 2. The van der Waals surface area contributed by atoms with Gasteiger partial charge in [-0.15, -0.1) is 0 Å². The van der Waals surface area contributed by atoms with Gasteiger partial charge in [-0.2, -0.15) is 0 Å². The Morgan fingerprint density at radius 3 is 2.56 bits per heavy atom. The number of H-pyrrole nitrogens is 1. The third-order valence-corrected chi connectivity index (χ3v) is 4.39. The normalized spacial score (nSPS) is 15.0. The number of likely N-dealkylation sites (tertiary alicyclic amines) is 1. The quantitative estimate of drug-likeness (QED) is 0.874. The molecule has 2 aromatic heterocycles. The van der Waals surface area contributed by atoms with Crippen molar-refractivity contribution in [2.75, 3.05) is 18.4 Å². The molecule has 0 spiro atoms. The highest BCUT2D eigenvalue weighted by Gasteiger charge is 2.28. The zero-order valence-electron chi connectivity index (χ0n) is 13.4. The van der Waals surface area contributed by atoms with Gasteiger partial charge in [0.05, 0.1) is 10.6 Å². The van der Waals surface area contributed by atoms with Crippen LogP contribution in [-0.4, -0.2) is 39.8 Å². The maximum absolute atomic E-state index is 12.4. The summed E-state index contributed by atoms with van der Waals surface area (Å²) in [5.41, 5.74) is 0.190. The number of aromatic nitrogens is 2. The first-order valence-electron chi connectivity index (χ1n) is 7.93. The van der Waals surface area contributed by atoms with Gasteiger partial charge in [-0.1, -0.05) is 11.6 Å². The van der Waals surface area contributed by atoms with Gasteiger partial charge in [0, 0.05) is 37.5 Å². The molecule has 0 saturated carbocycles. The van der Waals surface area contributed by atoms with Gasteiger partial charge < -0.3 is 15.2 Å². The molecule has 3 heterocycles. The number of hydrogen-bond donors (Lipinski definition) is 2. The molecule has 0 aliphatic carbocycles. The van der Waals surface area contributed by atoms with Crippen LogP contribution in [0, 0.1) is 5.92 Å². The van der Waals surface area contributed by atoms with Gasteiger partial charge in [0.1, 0.15) is 5.82 Å². The largest absolute Gasteiger partial charge is 0.339 e. The number of carbonyl (C=O) groups is 2. The van der Waals surface area contributed by atoms with Gasteiger partial charge in [-0.3, -0.25) is 14.4 Å². The van der Waals surface area contributed by atoms with Crippen LogP contribution in [0.5, 0.6) is 0 Å². The van der Waals surface area contributed by atoms with E-state index in [2.05, 4.69) is 15.3 Å². The number of anilines is 1. The molecule has 0 atom stereocenters. The van der Waals surface area contributed by atoms with E-state index in [1.165, 1.54) is 24.5 Å². The van der Waals surface area contributed by atoms with Gasteiger partial charge in [0.15, 0.2) is 0 Å². The Kier molecular flexibility index (Phi) is 5.14. The molecule has 8 heteroatoms. The molecule has 0 unspecified atom stereocenters. The second-order valence-electron chi connectivity index (χ2n) is 5.86. The molecule has 1 saturated heterocycles. The number of rotatable bonds is 3. The van der Waals surface area contributed by atoms with Gasteiger partial charge in [-0.25, -0.2) is 4.98 Å². The van der Waals surface area contributed by atoms with Crippen molar-refractivity contribution in [3.63, 3.8) is 0 Å². The van der Waals surface area contributed by atoms with Crippen molar-refractivity contribution in [1.82, 2.24) is 14.9 Å². The number of carbonyl (C=O) groups excluding carboxylic acids is 2. The Hall–Kier alpha value is -2.67. The molecule has 1 aliphatic rings. The van der Waals surface area contributed by atoms with Crippen molar-refractivity contribution in [3.05, 3.63) is 57.6 Å². The van der Waals surface area contributed by atoms with Gasteiger partial charge >= 0.3 is 0 Å². The summed E-state index contributed by atoms with van der Waals surface area (Å²) in [5, 5.41) is 3.28. The fourth-order valence-electron chi connectivity index (χ4n) is 2.75. The minimum Gasteiger partial charge on any atom is -0.339 e. The van der Waals surface area contributed by atoms with E-state index in [4.69, 9.17) is 11.6 Å². The van der Waals surface area contributed by atoms with Crippen molar-refractivity contribution in [2.24, 2.45) is 5.92 Å². The number of hydrogen-bond acceptors (Lipinski definition) is 4. The zero-order chi connectivity index (χ0) is 17.8. The first-order chi connectivity index (χ1) is 12.0. The van der Waals surface area contributed by atoms with Crippen LogP contribution in [0.4, 0.5) is 5.82 Å². The fourth-order valence-corrected chi connectivity index (χ4v) is 2.86. The monoisotopic (exact) mass is 360 g/mol. The first-order valence-corrected chi connectivity index (χ1v) is 8.31. The molecule has 1 fully saturated rings. The number of amides is 2. The van der Waals surface area contributed by atoms with E-state index >= 15 is 0 Å². The Morgan fingerprint density at radius 2 is 1.96 bits per heavy atom. The van der Waals surface area contributed by atoms with Crippen LogP contribution in [0.15, 0.2) is 41.5 Å². The van der Waals surface area contributed by atoms with Crippen LogP contribution >= 0.6 is 11.6 Å². The van der Waals surface area contributed by atoms with E-state index in [-0.39, 0.29) is 23.3 Å². The number of piperidine rings is 1. The second kappa shape index (κ2) is 7.48. The fraction of sp³-hybridized carbons (Fsp3) is 0.294. The summed E-state index contributed by atoms with van der Waals surface area (Å²) in [6.45, 7) is 0.980. The van der Waals surface area contributed by atoms with Crippen molar-refractivity contribution in [3.8, 4) is 0 Å². The summed E-state index contributed by atoms with van der Waals surface area (Å²) >= 11 is 5.77. The predicted octanol–water partition coefficient (Wildman–Crippen LogP) is 1.91. The first kappa shape index (κ1) is 17.2. The predicted molar refractivity (Wildman–Crippen MR) is 93.6 cm³/mol. The zero-order valence-corrected chi connectivity index (χ0v) is 14.1. The lowest BCUT2D eigenvalue weighted by Gasteiger charge is -2.31. The van der Waals surface area contributed by atoms with Crippen molar-refractivity contribution < 1.29 is 9.59 Å². The summed E-state index contributed by atoms with van der Waals surface area (Å²) in [7, 11) is 0. The highest BCUT2D eigenvalue weighted by molar-refractivity contribution is 6.30. The molecule has 2 amide bonds. The summed E-state index contributed by atoms with van der Waals surface area (Å²) in [4.78, 5) is 44.0. The maximum Gasteiger partial charge on any atom is 0.255 e. The summed E-state index contributed by atoms with van der Waals surface area (Å²) < 4.78 is 0. The molecule has 0 aromatic carbocycles. The number of aromatic amines is 1. The average Bonchev–Trinajstić information content (AvgIpc) is 2.64. The third-order valence-electron chi connectivity index (χ3n) is 4.16. The minimum atomic E-state index is -0.247. The Balaban J connectivity index is 1.55. The van der Waals surface area contributed by atoms with Crippen molar-refractivity contribution in [2.45, 2.75) is 12.8 Å². The standard InChI is InChI=1S/C17H17ClN4O3/c18-13-2-3-14(19-10-13)21-16(24)11-5-7-22(8-6-11)17(25)12-1-4-15(23)20-9-12/h1-4,9-11H,5-8H2,(H,20,23)(H,19,21,24). The van der Waals surface area contributed by atoms with Crippen LogP contribution < -0.4 is 10.9 Å². The Morgan fingerprint density at radius 1 is 1.20 bits per heavy atom. The lowest BCUT2D eigenvalue weighted by Crippen LogP contribution is -2.41. The molecule has 130 valence electrons. The maximum atomic E-state index is 12.4. The SMILES string of the molecule is O=C(Nc1ccc(Cl)cn1)C1CCN(C(=O)c2ccc(=O)[nH]c2)CC1. The van der Waals surface area contributed by atoms with Gasteiger partial charge in [0.25, 0.3) is 5.91 Å². The summed E-state index contributed by atoms with van der Waals surface area (Å²) in [6, 6.07) is 6.14. The molecule has 2 aromatic rings. The number of pyridine rings is 2. The molecular formula is C17H17ClN4O3. The van der Waals surface area contributed by atoms with E-state index in [0.717, 1.165) is 0 Å². The molecule has 25 heavy (non-hydrogen) atoms. The molecule has 1 aliphatic heterocycles. The molecule has 0 radical (unpaired) electrons. The van der Waals surface area contributed by atoms with Gasteiger partial charge in [0.2, 0.25) is 11.5 Å². The minimum absolute atomic E-state index is 0.106. The lowest BCUT2D eigenvalue weighted by molar-refractivity contribution is -0.121. The van der Waals surface area contributed by atoms with E-state index in [1.807, 2.05) is 0 Å². The Bertz CT molecular complexity index is 806. The van der Waals surface area contributed by atoms with Gasteiger partial charge in [-0.05, 0) is 31.0 Å². The highest BCUT2D eigenvalue weighted by atomic mass is 35.5. The molecular weight excluding hydrogens is 344 g/mol. The summed E-state index contributed by atoms with van der Waals surface area (Å²) in [5.74, 6) is 0.0405. The highest BCUT2D eigenvalue weighted by Crippen LogP contribution is 2.20. The van der Waals surface area contributed by atoms with E-state index in [1.54, 1.807) is 17.0 Å². The number of nitrogens with one attached hydrogen (secondary N) is 2. The molecule has 2 N–H and O–H groups in total. The van der Waals surface area contributed by atoms with Crippen LogP contribution in [0.2, 0.25) is 5.02 Å². The smallest absolute Gasteiger partial charge is 0.255 e. The van der Waals surface area contributed by atoms with E-state index in [9.17, 15) is 14.4 Å². The van der Waals surface area contributed by atoms with Crippen LogP contribution in [-0.2, 0) is 4.79 Å². The van der Waals surface area contributed by atoms with Crippen LogP contribution in [0.3, 0.4) is 0 Å². The molecule has 0 bridgehead atoms. The molecule has 7 nitrogen and oxygen atoms in total. The Labute approximate surface area is 149 Å². The lowest BCUT2D eigenvalue weighted by atomic mass is 9.95. The van der Waals surface area contributed by atoms with Crippen LogP contribution in [0.25, 0.3) is 0 Å². The average molecular weight is 361 g/mol.